The molecule has 0 saturated carbocycles. The van der Waals surface area contributed by atoms with Gasteiger partial charge in [0.25, 0.3) is 5.91 Å². The lowest BCUT2D eigenvalue weighted by Gasteiger charge is -2.23. The molecule has 1 aliphatic rings. The number of pyridine rings is 1. The van der Waals surface area contributed by atoms with E-state index in [1.165, 1.54) is 18.3 Å². The first-order chi connectivity index (χ1) is 13.1. The van der Waals surface area contributed by atoms with Gasteiger partial charge in [0.15, 0.2) is 6.61 Å². The summed E-state index contributed by atoms with van der Waals surface area (Å²) < 4.78 is 41.1. The van der Waals surface area contributed by atoms with Gasteiger partial charge in [0.2, 0.25) is 11.8 Å². The molecule has 1 aromatic rings. The van der Waals surface area contributed by atoms with Gasteiger partial charge in [-0.1, -0.05) is 13.8 Å². The Morgan fingerprint density at radius 1 is 1.32 bits per heavy atom. The van der Waals surface area contributed by atoms with Crippen LogP contribution in [0.1, 0.15) is 32.3 Å². The summed E-state index contributed by atoms with van der Waals surface area (Å²) in [7, 11) is 0. The number of ether oxygens (including phenoxy) is 1. The SMILES string of the molecule is CCC1(CC)NC(=O)N(CC(=O)NCc2ccnc(OCC(F)(F)F)c2)C1=O. The lowest BCUT2D eigenvalue weighted by molar-refractivity contribution is -0.154. The average Bonchev–Trinajstić information content (AvgIpc) is 2.89. The number of rotatable bonds is 8. The van der Waals surface area contributed by atoms with Crippen molar-refractivity contribution < 1.29 is 32.3 Å². The molecule has 0 bridgehead atoms. The number of nitrogens with one attached hydrogen (secondary N) is 2. The summed E-state index contributed by atoms with van der Waals surface area (Å²) in [4.78, 5) is 41.1. The average molecular weight is 402 g/mol. The lowest BCUT2D eigenvalue weighted by Crippen LogP contribution is -2.46. The Kier molecular flexibility index (Phi) is 6.47. The third kappa shape index (κ3) is 5.11. The van der Waals surface area contributed by atoms with Gasteiger partial charge in [0, 0.05) is 18.8 Å². The van der Waals surface area contributed by atoms with E-state index in [-0.39, 0.29) is 12.4 Å². The summed E-state index contributed by atoms with van der Waals surface area (Å²) in [5, 5.41) is 5.13. The van der Waals surface area contributed by atoms with E-state index in [0.29, 0.717) is 18.4 Å². The van der Waals surface area contributed by atoms with Gasteiger partial charge in [-0.15, -0.1) is 0 Å². The van der Waals surface area contributed by atoms with E-state index in [1.807, 2.05) is 0 Å². The highest BCUT2D eigenvalue weighted by molar-refractivity contribution is 6.08. The predicted octanol–water partition coefficient (Wildman–Crippen LogP) is 1.75. The summed E-state index contributed by atoms with van der Waals surface area (Å²) >= 11 is 0. The van der Waals surface area contributed by atoms with E-state index in [2.05, 4.69) is 20.4 Å². The number of aromatic nitrogens is 1. The van der Waals surface area contributed by atoms with E-state index in [4.69, 9.17) is 0 Å². The highest BCUT2D eigenvalue weighted by atomic mass is 19.4. The molecule has 0 atom stereocenters. The molecule has 0 spiro atoms. The summed E-state index contributed by atoms with van der Waals surface area (Å²) in [5.74, 6) is -1.26. The topological polar surface area (TPSA) is 101 Å². The maximum absolute atomic E-state index is 12.5. The zero-order chi connectivity index (χ0) is 20.9. The Morgan fingerprint density at radius 2 is 2.00 bits per heavy atom. The summed E-state index contributed by atoms with van der Waals surface area (Å²) in [6.45, 7) is 1.59. The molecular formula is C17H21F3N4O4. The van der Waals surface area contributed by atoms with Crippen LogP contribution < -0.4 is 15.4 Å². The second-order valence-corrected chi connectivity index (χ2v) is 6.29. The number of hydrogen-bond acceptors (Lipinski definition) is 5. The smallest absolute Gasteiger partial charge is 0.422 e. The molecule has 1 aliphatic heterocycles. The molecule has 28 heavy (non-hydrogen) atoms. The molecule has 154 valence electrons. The number of amides is 4. The van der Waals surface area contributed by atoms with Crippen LogP contribution in [-0.2, 0) is 16.1 Å². The normalized spacial score (nSPS) is 16.1. The number of hydrogen-bond donors (Lipinski definition) is 2. The Morgan fingerprint density at radius 3 is 2.57 bits per heavy atom. The van der Waals surface area contributed by atoms with Gasteiger partial charge in [-0.25, -0.2) is 9.78 Å². The molecule has 0 radical (unpaired) electrons. The Balaban J connectivity index is 1.91. The monoisotopic (exact) mass is 402 g/mol. The maximum atomic E-state index is 12.5. The molecule has 2 rings (SSSR count). The van der Waals surface area contributed by atoms with Crippen molar-refractivity contribution in [2.24, 2.45) is 0 Å². The molecular weight excluding hydrogens is 381 g/mol. The summed E-state index contributed by atoms with van der Waals surface area (Å²) in [5.41, 5.74) is -0.540. The van der Waals surface area contributed by atoms with Crippen LogP contribution in [0, 0.1) is 0 Å². The molecule has 1 fully saturated rings. The Labute approximate surface area is 159 Å². The number of carbonyl (C=O) groups excluding carboxylic acids is 3. The van der Waals surface area contributed by atoms with Crippen LogP contribution in [0.3, 0.4) is 0 Å². The van der Waals surface area contributed by atoms with Crippen LogP contribution in [0.5, 0.6) is 5.88 Å². The molecule has 2 N–H and O–H groups in total. The van der Waals surface area contributed by atoms with Gasteiger partial charge < -0.3 is 15.4 Å². The van der Waals surface area contributed by atoms with Crippen molar-refractivity contribution in [3.8, 4) is 5.88 Å². The van der Waals surface area contributed by atoms with Crippen molar-refractivity contribution in [2.75, 3.05) is 13.2 Å². The summed E-state index contributed by atoms with van der Waals surface area (Å²) in [6, 6.07) is 2.13. The highest BCUT2D eigenvalue weighted by Gasteiger charge is 2.49. The van der Waals surface area contributed by atoms with E-state index < -0.39 is 42.7 Å². The van der Waals surface area contributed by atoms with Gasteiger partial charge in [0.05, 0.1) is 0 Å². The minimum atomic E-state index is -4.49. The molecule has 1 saturated heterocycles. The van der Waals surface area contributed by atoms with Gasteiger partial charge in [-0.3, -0.25) is 14.5 Å². The maximum Gasteiger partial charge on any atom is 0.422 e. The van der Waals surface area contributed by atoms with Crippen molar-refractivity contribution in [1.29, 1.82) is 0 Å². The minimum absolute atomic E-state index is 0.0277. The number of imide groups is 1. The van der Waals surface area contributed by atoms with Gasteiger partial charge in [0.1, 0.15) is 12.1 Å². The van der Waals surface area contributed by atoms with Crippen molar-refractivity contribution in [3.63, 3.8) is 0 Å². The first-order valence-corrected chi connectivity index (χ1v) is 8.65. The predicted molar refractivity (Wildman–Crippen MR) is 91.2 cm³/mol. The van der Waals surface area contributed by atoms with Crippen molar-refractivity contribution in [3.05, 3.63) is 23.9 Å². The largest absolute Gasteiger partial charge is 0.468 e. The highest BCUT2D eigenvalue weighted by Crippen LogP contribution is 2.24. The fourth-order valence-electron chi connectivity index (χ4n) is 2.74. The quantitative estimate of drug-likeness (QED) is 0.646. The third-order valence-electron chi connectivity index (χ3n) is 4.43. The van der Waals surface area contributed by atoms with Crippen LogP contribution >= 0.6 is 0 Å². The van der Waals surface area contributed by atoms with E-state index in [0.717, 1.165) is 4.90 Å². The van der Waals surface area contributed by atoms with Crippen LogP contribution in [0.25, 0.3) is 0 Å². The van der Waals surface area contributed by atoms with Crippen LogP contribution in [0.15, 0.2) is 18.3 Å². The second-order valence-electron chi connectivity index (χ2n) is 6.29. The van der Waals surface area contributed by atoms with Gasteiger partial charge >= 0.3 is 12.2 Å². The first-order valence-electron chi connectivity index (χ1n) is 8.65. The second kappa shape index (κ2) is 8.44. The molecule has 8 nitrogen and oxygen atoms in total. The van der Waals surface area contributed by atoms with Crippen LogP contribution in [0.2, 0.25) is 0 Å². The van der Waals surface area contributed by atoms with Crippen molar-refractivity contribution in [2.45, 2.75) is 44.9 Å². The molecule has 2 heterocycles. The minimum Gasteiger partial charge on any atom is -0.468 e. The number of halogens is 3. The standard InChI is InChI=1S/C17H21F3N4O4/c1-3-16(4-2)14(26)24(15(27)23-16)9-12(25)22-8-11-5-6-21-13(7-11)28-10-17(18,19)20/h5-7H,3-4,8-10H2,1-2H3,(H,22,25)(H,23,27). The lowest BCUT2D eigenvalue weighted by atomic mass is 9.93. The van der Waals surface area contributed by atoms with Crippen molar-refractivity contribution in [1.82, 2.24) is 20.5 Å². The third-order valence-corrected chi connectivity index (χ3v) is 4.43. The number of carbonyl (C=O) groups is 3. The van der Waals surface area contributed by atoms with Crippen LogP contribution in [0.4, 0.5) is 18.0 Å². The van der Waals surface area contributed by atoms with E-state index in [9.17, 15) is 27.6 Å². The zero-order valence-corrected chi connectivity index (χ0v) is 15.4. The molecule has 0 unspecified atom stereocenters. The van der Waals surface area contributed by atoms with Crippen LogP contribution in [-0.4, -0.2) is 52.6 Å². The van der Waals surface area contributed by atoms with Gasteiger partial charge in [-0.2, -0.15) is 13.2 Å². The Hall–Kier alpha value is -2.85. The van der Waals surface area contributed by atoms with Crippen molar-refractivity contribution >= 4 is 17.8 Å². The molecule has 1 aromatic heterocycles. The molecule has 0 aliphatic carbocycles. The Bertz CT molecular complexity index is 750. The van der Waals surface area contributed by atoms with E-state index >= 15 is 0 Å². The number of nitrogens with zero attached hydrogens (tertiary/aromatic N) is 2. The van der Waals surface area contributed by atoms with Gasteiger partial charge in [-0.05, 0) is 24.5 Å². The number of alkyl halides is 3. The zero-order valence-electron chi connectivity index (χ0n) is 15.4. The fourth-order valence-corrected chi connectivity index (χ4v) is 2.74. The molecule has 0 aromatic carbocycles. The number of urea groups is 1. The summed E-state index contributed by atoms with van der Waals surface area (Å²) in [6.07, 6.45) is -2.42. The first kappa shape index (κ1) is 21.5. The fraction of sp³-hybridized carbons (Fsp3) is 0.529. The molecule has 4 amide bonds. The molecule has 11 heteroatoms. The van der Waals surface area contributed by atoms with E-state index in [1.54, 1.807) is 13.8 Å².